The van der Waals surface area contributed by atoms with E-state index in [1.54, 1.807) is 37.0 Å². The molecule has 1 saturated carbocycles. The van der Waals surface area contributed by atoms with E-state index >= 15 is 0 Å². The topological polar surface area (TPSA) is 127 Å². The van der Waals surface area contributed by atoms with Crippen molar-refractivity contribution in [2.24, 2.45) is 22.4 Å². The molecule has 0 spiro atoms. The van der Waals surface area contributed by atoms with Crippen LogP contribution in [0.5, 0.6) is 0 Å². The van der Waals surface area contributed by atoms with Gasteiger partial charge in [0, 0.05) is 46.8 Å². The molecule has 256 valence electrons. The van der Waals surface area contributed by atoms with Gasteiger partial charge in [-0.25, -0.2) is 4.79 Å². The van der Waals surface area contributed by atoms with Crippen LogP contribution in [0.3, 0.4) is 0 Å². The Bertz CT molecular complexity index is 1840. The van der Waals surface area contributed by atoms with Crippen molar-refractivity contribution in [3.63, 3.8) is 0 Å². The average molecular weight is 680 g/mol. The van der Waals surface area contributed by atoms with E-state index < -0.39 is 17.4 Å². The smallest absolute Gasteiger partial charge is 0.388 e. The number of rotatable bonds is 12. The van der Waals surface area contributed by atoms with Crippen LogP contribution in [0.2, 0.25) is 0 Å². The van der Waals surface area contributed by atoms with E-state index in [1.807, 2.05) is 18.4 Å². The van der Waals surface area contributed by atoms with Crippen molar-refractivity contribution in [3.05, 3.63) is 75.8 Å². The molecule has 1 saturated heterocycles. The predicted molar refractivity (Wildman–Crippen MR) is 188 cm³/mol. The Labute approximate surface area is 283 Å². The number of nitrogens with two attached hydrogens (primary N) is 2. The summed E-state index contributed by atoms with van der Waals surface area (Å²) in [6.07, 6.45) is 7.70. The fourth-order valence-corrected chi connectivity index (χ4v) is 7.50. The summed E-state index contributed by atoms with van der Waals surface area (Å²) in [7, 11) is 0. The van der Waals surface area contributed by atoms with E-state index in [9.17, 15) is 18.0 Å². The predicted octanol–water partition coefficient (Wildman–Crippen LogP) is 7.13. The molecule has 1 unspecified atom stereocenters. The van der Waals surface area contributed by atoms with E-state index in [0.717, 1.165) is 62.3 Å². The summed E-state index contributed by atoms with van der Waals surface area (Å²) in [6.45, 7) is 2.50. The molecule has 1 aliphatic carbocycles. The second-order valence-electron chi connectivity index (χ2n) is 13.3. The molecule has 1 aliphatic heterocycles. The molecule has 48 heavy (non-hydrogen) atoms. The number of halogens is 3. The van der Waals surface area contributed by atoms with E-state index in [4.69, 9.17) is 11.5 Å². The van der Waals surface area contributed by atoms with Gasteiger partial charge in [0.15, 0.2) is 0 Å². The molecule has 12 heteroatoms. The van der Waals surface area contributed by atoms with Crippen LogP contribution in [0.1, 0.15) is 81.0 Å². The van der Waals surface area contributed by atoms with Crippen molar-refractivity contribution in [1.29, 1.82) is 0 Å². The Morgan fingerprint density at radius 1 is 1.15 bits per heavy atom. The maximum absolute atomic E-state index is 13.9. The standard InChI is InChI=1S/C36H44F3N7OS/c1-21(40)42-14-13-27-6-4-8-31(43-27)29-12-11-28(19-33(29)48-2)46-20-25-18-32(44-34(25)45-35(46)47)24-15-22(16-26(17-24)36(37,38)39)5-3-7-30(41)23-9-10-23/h11-12,15-20,23,27,30-31,43H,3-10,13-14,41H2,1-2H3,(H2,40,42)(H,44,45,47)/t27-,30?,31-/m0/s1. The minimum atomic E-state index is -4.49. The third-order valence-electron chi connectivity index (χ3n) is 9.56. The van der Waals surface area contributed by atoms with Gasteiger partial charge in [-0.1, -0.05) is 12.5 Å². The molecule has 2 aromatic carbocycles. The van der Waals surface area contributed by atoms with Crippen molar-refractivity contribution in [2.45, 2.75) is 93.9 Å². The normalized spacial score (nSPS) is 19.6. The zero-order valence-corrected chi connectivity index (χ0v) is 28.3. The molecular formula is C36H44F3N7OS. The number of nitrogens with one attached hydrogen (secondary N) is 2. The van der Waals surface area contributed by atoms with Crippen LogP contribution in [-0.2, 0) is 12.6 Å². The summed E-state index contributed by atoms with van der Waals surface area (Å²) in [6, 6.07) is 12.6. The Balaban J connectivity index is 1.25. The van der Waals surface area contributed by atoms with Gasteiger partial charge in [0.2, 0.25) is 0 Å². The van der Waals surface area contributed by atoms with E-state index in [1.165, 1.54) is 16.2 Å². The molecule has 2 aliphatic rings. The average Bonchev–Trinajstić information content (AvgIpc) is 3.83. The first kappa shape index (κ1) is 34.3. The molecule has 3 heterocycles. The molecule has 2 fully saturated rings. The first-order chi connectivity index (χ1) is 23.0. The maximum Gasteiger partial charge on any atom is 0.416 e. The minimum absolute atomic E-state index is 0.110. The van der Waals surface area contributed by atoms with Gasteiger partial charge in [-0.05, 0) is 124 Å². The number of nitrogens with zero attached hydrogens (tertiary/aromatic N) is 3. The lowest BCUT2D eigenvalue weighted by Crippen LogP contribution is -2.37. The molecule has 2 aromatic heterocycles. The SMILES string of the molecule is CSc1cc(-n2cc3cc(-c4cc(CCCC(N)C5CC5)cc(C(F)(F)F)c4)[nH]c3nc2=O)ccc1[C@@H]1CCC[C@@H](CCN=C(C)N)N1. The highest BCUT2D eigenvalue weighted by Gasteiger charge is 2.32. The van der Waals surface area contributed by atoms with Gasteiger partial charge >= 0.3 is 11.9 Å². The van der Waals surface area contributed by atoms with Crippen LogP contribution in [0, 0.1) is 5.92 Å². The van der Waals surface area contributed by atoms with Gasteiger partial charge < -0.3 is 21.8 Å². The van der Waals surface area contributed by atoms with Gasteiger partial charge in [0.1, 0.15) is 5.65 Å². The van der Waals surface area contributed by atoms with Crippen molar-refractivity contribution < 1.29 is 13.2 Å². The van der Waals surface area contributed by atoms with Gasteiger partial charge in [0.25, 0.3) is 0 Å². The molecule has 0 bridgehead atoms. The molecule has 0 radical (unpaired) electrons. The lowest BCUT2D eigenvalue weighted by Gasteiger charge is -2.32. The monoisotopic (exact) mass is 679 g/mol. The first-order valence-corrected chi connectivity index (χ1v) is 18.0. The fraction of sp³-hybridized carbons (Fsp3) is 0.472. The van der Waals surface area contributed by atoms with E-state index in [-0.39, 0.29) is 12.1 Å². The quantitative estimate of drug-likeness (QED) is 0.0717. The summed E-state index contributed by atoms with van der Waals surface area (Å²) in [5.74, 6) is 1.15. The summed E-state index contributed by atoms with van der Waals surface area (Å²) in [5, 5.41) is 4.41. The van der Waals surface area contributed by atoms with E-state index in [0.29, 0.717) is 64.3 Å². The summed E-state index contributed by atoms with van der Waals surface area (Å²) < 4.78 is 43.3. The second-order valence-corrected chi connectivity index (χ2v) is 14.1. The van der Waals surface area contributed by atoms with Crippen LogP contribution in [-0.4, -0.2) is 45.3 Å². The number of aryl methyl sites for hydroxylation is 1. The second kappa shape index (κ2) is 14.5. The van der Waals surface area contributed by atoms with Crippen molar-refractivity contribution in [2.75, 3.05) is 12.8 Å². The molecule has 3 atom stereocenters. The third-order valence-corrected chi connectivity index (χ3v) is 10.4. The Kier molecular flexibility index (Phi) is 10.3. The van der Waals surface area contributed by atoms with Crippen LogP contribution >= 0.6 is 11.8 Å². The van der Waals surface area contributed by atoms with Crippen LogP contribution in [0.4, 0.5) is 13.2 Å². The van der Waals surface area contributed by atoms with Crippen molar-refractivity contribution in [3.8, 4) is 16.9 Å². The van der Waals surface area contributed by atoms with Gasteiger partial charge in [-0.15, -0.1) is 11.8 Å². The highest BCUT2D eigenvalue weighted by molar-refractivity contribution is 7.98. The number of aromatic nitrogens is 3. The molecular weight excluding hydrogens is 636 g/mol. The number of aromatic amines is 1. The zero-order chi connectivity index (χ0) is 34.0. The molecule has 8 nitrogen and oxygen atoms in total. The number of H-pyrrole nitrogens is 1. The number of aliphatic imine (C=N–C) groups is 1. The lowest BCUT2D eigenvalue weighted by atomic mass is 9.92. The number of hydrogen-bond acceptors (Lipinski definition) is 6. The number of piperidine rings is 1. The summed E-state index contributed by atoms with van der Waals surface area (Å²) in [5.41, 5.74) is 14.4. The molecule has 4 aromatic rings. The number of benzene rings is 2. The molecule has 0 amide bonds. The van der Waals surface area contributed by atoms with Gasteiger partial charge in [-0.2, -0.15) is 18.2 Å². The Hall–Kier alpha value is -3.61. The largest absolute Gasteiger partial charge is 0.416 e. The summed E-state index contributed by atoms with van der Waals surface area (Å²) in [4.78, 5) is 26.0. The zero-order valence-electron chi connectivity index (χ0n) is 27.4. The Morgan fingerprint density at radius 3 is 2.69 bits per heavy atom. The number of alkyl halides is 3. The number of amidine groups is 1. The van der Waals surface area contributed by atoms with Gasteiger partial charge in [-0.3, -0.25) is 9.56 Å². The highest BCUT2D eigenvalue weighted by Crippen LogP contribution is 2.37. The number of thioether (sulfide) groups is 1. The van der Waals surface area contributed by atoms with Crippen molar-refractivity contribution in [1.82, 2.24) is 19.9 Å². The third kappa shape index (κ3) is 8.15. The highest BCUT2D eigenvalue weighted by atomic mass is 32.2. The number of fused-ring (bicyclic) bond motifs is 1. The van der Waals surface area contributed by atoms with Crippen LogP contribution < -0.4 is 22.5 Å². The van der Waals surface area contributed by atoms with Crippen molar-refractivity contribution >= 4 is 28.6 Å². The number of hydrogen-bond donors (Lipinski definition) is 4. The summed E-state index contributed by atoms with van der Waals surface area (Å²) >= 11 is 1.63. The molecule has 6 N–H and O–H groups in total. The Morgan fingerprint density at radius 2 is 1.96 bits per heavy atom. The fourth-order valence-electron chi connectivity index (χ4n) is 6.82. The van der Waals surface area contributed by atoms with Crippen LogP contribution in [0.25, 0.3) is 28.0 Å². The van der Waals surface area contributed by atoms with Crippen LogP contribution in [0.15, 0.2) is 63.3 Å². The molecule has 6 rings (SSSR count). The van der Waals surface area contributed by atoms with E-state index in [2.05, 4.69) is 26.3 Å². The first-order valence-electron chi connectivity index (χ1n) is 16.8. The maximum atomic E-state index is 13.9. The lowest BCUT2D eigenvalue weighted by molar-refractivity contribution is -0.137. The van der Waals surface area contributed by atoms with Gasteiger partial charge in [0.05, 0.1) is 17.1 Å². The minimum Gasteiger partial charge on any atom is -0.388 e.